The minimum absolute atomic E-state index is 0.269. The molecule has 0 aliphatic rings. The largest absolute Gasteiger partial charge is 0.347 e. The van der Waals surface area contributed by atoms with Gasteiger partial charge in [0, 0.05) is 12.6 Å². The number of nitrogens with one attached hydrogen (secondary N) is 2. The second-order valence-electron chi connectivity index (χ2n) is 5.64. The van der Waals surface area contributed by atoms with Gasteiger partial charge < -0.3 is 10.6 Å². The Morgan fingerprint density at radius 3 is 2.58 bits per heavy atom. The predicted octanol–water partition coefficient (Wildman–Crippen LogP) is 3.33. The normalized spacial score (nSPS) is 10.0. The fourth-order valence-corrected chi connectivity index (χ4v) is 2.44. The zero-order chi connectivity index (χ0) is 18.4. The van der Waals surface area contributed by atoms with E-state index in [9.17, 15) is 10.1 Å². The number of para-hydroxylation sites is 1. The Kier molecular flexibility index (Phi) is 5.20. The Balaban J connectivity index is 1.77. The number of hydrogen-bond acceptors (Lipinski definition) is 5. The first-order chi connectivity index (χ1) is 12.7. The summed E-state index contributed by atoms with van der Waals surface area (Å²) >= 11 is 0. The molecule has 0 radical (unpaired) electrons. The lowest BCUT2D eigenvalue weighted by Crippen LogP contribution is -2.24. The highest BCUT2D eigenvalue weighted by atomic mass is 16.1. The monoisotopic (exact) mass is 343 g/mol. The number of aromatic nitrogens is 2. The van der Waals surface area contributed by atoms with E-state index in [1.54, 1.807) is 31.2 Å². The predicted molar refractivity (Wildman–Crippen MR) is 98.8 cm³/mol. The van der Waals surface area contributed by atoms with E-state index in [0.717, 1.165) is 5.56 Å². The van der Waals surface area contributed by atoms with Crippen molar-refractivity contribution in [3.05, 3.63) is 83.3 Å². The Morgan fingerprint density at radius 2 is 1.81 bits per heavy atom. The topological polar surface area (TPSA) is 90.7 Å². The van der Waals surface area contributed by atoms with E-state index in [2.05, 4.69) is 26.7 Å². The quantitative estimate of drug-likeness (QED) is 0.741. The van der Waals surface area contributed by atoms with Crippen LogP contribution in [0.4, 0.5) is 11.5 Å². The summed E-state index contributed by atoms with van der Waals surface area (Å²) in [4.78, 5) is 20.9. The summed E-state index contributed by atoms with van der Waals surface area (Å²) in [7, 11) is 0. The zero-order valence-electron chi connectivity index (χ0n) is 14.2. The molecular formula is C20H17N5O. The number of nitrogens with zero attached hydrogens (tertiary/aromatic N) is 3. The molecule has 0 unspecified atom stereocenters. The molecule has 3 aromatic rings. The minimum Gasteiger partial charge on any atom is -0.347 e. The van der Waals surface area contributed by atoms with Crippen molar-refractivity contribution in [1.29, 1.82) is 5.26 Å². The maximum atomic E-state index is 12.4. The van der Waals surface area contributed by atoms with Crippen LogP contribution < -0.4 is 10.6 Å². The average Bonchev–Trinajstić information content (AvgIpc) is 2.67. The number of benzene rings is 2. The fourth-order valence-electron chi connectivity index (χ4n) is 2.44. The van der Waals surface area contributed by atoms with Crippen molar-refractivity contribution in [2.75, 3.05) is 5.32 Å². The number of nitriles is 1. The van der Waals surface area contributed by atoms with Crippen LogP contribution in [-0.2, 0) is 6.54 Å². The van der Waals surface area contributed by atoms with E-state index < -0.39 is 0 Å². The van der Waals surface area contributed by atoms with Crippen molar-refractivity contribution in [3.63, 3.8) is 0 Å². The van der Waals surface area contributed by atoms with Crippen LogP contribution in [-0.4, -0.2) is 15.9 Å². The van der Waals surface area contributed by atoms with Crippen LogP contribution in [0, 0.1) is 18.3 Å². The number of rotatable bonds is 5. The highest BCUT2D eigenvalue weighted by molar-refractivity contribution is 5.93. The zero-order valence-corrected chi connectivity index (χ0v) is 14.2. The SMILES string of the molecule is Cc1nc(Nc2ccccc2C#N)cc(C(=O)NCc2ccccc2)n1. The summed E-state index contributed by atoms with van der Waals surface area (Å²) in [5, 5.41) is 15.1. The second kappa shape index (κ2) is 7.90. The lowest BCUT2D eigenvalue weighted by Gasteiger charge is -2.10. The van der Waals surface area contributed by atoms with E-state index in [4.69, 9.17) is 0 Å². The summed E-state index contributed by atoms with van der Waals surface area (Å²) in [5.41, 5.74) is 2.40. The highest BCUT2D eigenvalue weighted by Crippen LogP contribution is 2.19. The van der Waals surface area contributed by atoms with Crippen molar-refractivity contribution >= 4 is 17.4 Å². The Labute approximate surface area is 151 Å². The van der Waals surface area contributed by atoms with Gasteiger partial charge in [0.05, 0.1) is 11.3 Å². The van der Waals surface area contributed by atoms with Gasteiger partial charge in [-0.2, -0.15) is 5.26 Å². The van der Waals surface area contributed by atoms with Gasteiger partial charge in [-0.15, -0.1) is 0 Å². The van der Waals surface area contributed by atoms with E-state index in [1.807, 2.05) is 36.4 Å². The van der Waals surface area contributed by atoms with Crippen molar-refractivity contribution in [2.45, 2.75) is 13.5 Å². The molecule has 26 heavy (non-hydrogen) atoms. The summed E-state index contributed by atoms with van der Waals surface area (Å²) < 4.78 is 0. The molecule has 0 saturated heterocycles. The number of aryl methyl sites for hydroxylation is 1. The first-order valence-electron chi connectivity index (χ1n) is 8.09. The summed E-state index contributed by atoms with van der Waals surface area (Å²) in [6, 6.07) is 20.5. The van der Waals surface area contributed by atoms with Gasteiger partial charge in [0.25, 0.3) is 5.91 Å². The van der Waals surface area contributed by atoms with Crippen LogP contribution in [0.3, 0.4) is 0 Å². The maximum absolute atomic E-state index is 12.4. The van der Waals surface area contributed by atoms with Crippen LogP contribution in [0.2, 0.25) is 0 Å². The summed E-state index contributed by atoms with van der Waals surface area (Å²) in [5.74, 6) is 0.648. The molecule has 2 aromatic carbocycles. The maximum Gasteiger partial charge on any atom is 0.270 e. The molecule has 0 saturated carbocycles. The third kappa shape index (κ3) is 4.22. The van der Waals surface area contributed by atoms with E-state index >= 15 is 0 Å². The molecular weight excluding hydrogens is 326 g/mol. The number of carbonyl (C=O) groups is 1. The number of amides is 1. The van der Waals surface area contributed by atoms with Crippen LogP contribution in [0.25, 0.3) is 0 Å². The standard InChI is InChI=1S/C20H17N5O/c1-14-23-18(20(26)22-13-15-7-3-2-4-8-15)11-19(24-14)25-17-10-6-5-9-16(17)12-21/h2-11H,13H2,1H3,(H,22,26)(H,23,24,25). The highest BCUT2D eigenvalue weighted by Gasteiger charge is 2.11. The van der Waals surface area contributed by atoms with Gasteiger partial charge in [-0.25, -0.2) is 9.97 Å². The third-order valence-electron chi connectivity index (χ3n) is 3.68. The molecule has 0 spiro atoms. The van der Waals surface area contributed by atoms with Crippen molar-refractivity contribution in [2.24, 2.45) is 0 Å². The number of carbonyl (C=O) groups excluding carboxylic acids is 1. The Morgan fingerprint density at radius 1 is 1.08 bits per heavy atom. The van der Waals surface area contributed by atoms with Crippen molar-refractivity contribution < 1.29 is 4.79 Å². The van der Waals surface area contributed by atoms with Gasteiger partial charge in [-0.05, 0) is 24.6 Å². The summed E-state index contributed by atoms with van der Waals surface area (Å²) in [6.07, 6.45) is 0. The average molecular weight is 343 g/mol. The molecule has 6 heteroatoms. The third-order valence-corrected chi connectivity index (χ3v) is 3.68. The molecule has 6 nitrogen and oxygen atoms in total. The second-order valence-corrected chi connectivity index (χ2v) is 5.64. The molecule has 1 aromatic heterocycles. The van der Waals surface area contributed by atoms with Gasteiger partial charge >= 0.3 is 0 Å². The summed E-state index contributed by atoms with van der Waals surface area (Å²) in [6.45, 7) is 2.14. The molecule has 0 fully saturated rings. The van der Waals surface area contributed by atoms with E-state index in [1.165, 1.54) is 0 Å². The molecule has 0 atom stereocenters. The number of hydrogen-bond donors (Lipinski definition) is 2. The molecule has 0 aliphatic heterocycles. The molecule has 2 N–H and O–H groups in total. The molecule has 128 valence electrons. The number of anilines is 2. The molecule has 1 amide bonds. The van der Waals surface area contributed by atoms with E-state index in [-0.39, 0.29) is 11.6 Å². The van der Waals surface area contributed by atoms with Gasteiger partial charge in [-0.3, -0.25) is 4.79 Å². The Hall–Kier alpha value is -3.72. The van der Waals surface area contributed by atoms with Gasteiger partial charge in [0.1, 0.15) is 23.4 Å². The van der Waals surface area contributed by atoms with Gasteiger partial charge in [-0.1, -0.05) is 42.5 Å². The van der Waals surface area contributed by atoms with Crippen LogP contribution in [0.5, 0.6) is 0 Å². The first-order valence-corrected chi connectivity index (χ1v) is 8.09. The lowest BCUT2D eigenvalue weighted by molar-refractivity contribution is 0.0945. The fraction of sp³-hybridized carbons (Fsp3) is 0.100. The van der Waals surface area contributed by atoms with Crippen molar-refractivity contribution in [1.82, 2.24) is 15.3 Å². The smallest absolute Gasteiger partial charge is 0.270 e. The Bertz CT molecular complexity index is 963. The molecule has 1 heterocycles. The molecule has 0 aliphatic carbocycles. The van der Waals surface area contributed by atoms with Crippen LogP contribution in [0.1, 0.15) is 27.4 Å². The van der Waals surface area contributed by atoms with Crippen LogP contribution >= 0.6 is 0 Å². The molecule has 3 rings (SSSR count). The van der Waals surface area contributed by atoms with Gasteiger partial charge in [0.15, 0.2) is 0 Å². The van der Waals surface area contributed by atoms with Gasteiger partial charge in [0.2, 0.25) is 0 Å². The molecule has 0 bridgehead atoms. The van der Waals surface area contributed by atoms with Crippen LogP contribution in [0.15, 0.2) is 60.7 Å². The van der Waals surface area contributed by atoms with Crippen molar-refractivity contribution in [3.8, 4) is 6.07 Å². The minimum atomic E-state index is -0.282. The lowest BCUT2D eigenvalue weighted by atomic mass is 10.2. The van der Waals surface area contributed by atoms with E-state index in [0.29, 0.717) is 29.4 Å². The first kappa shape index (κ1) is 17.1.